The van der Waals surface area contributed by atoms with Crippen molar-refractivity contribution in [2.45, 2.75) is 6.54 Å². The Morgan fingerprint density at radius 1 is 1.23 bits per heavy atom. The van der Waals surface area contributed by atoms with Crippen molar-refractivity contribution in [2.24, 2.45) is 0 Å². The minimum atomic E-state index is -0.864. The minimum absolute atomic E-state index is 0.268. The van der Waals surface area contributed by atoms with Crippen LogP contribution in [0.3, 0.4) is 0 Å². The Morgan fingerprint density at radius 2 is 1.96 bits per heavy atom. The average molecular weight is 376 g/mol. The lowest BCUT2D eigenvalue weighted by Gasteiger charge is -2.31. The van der Waals surface area contributed by atoms with Gasteiger partial charge in [-0.05, 0) is 6.07 Å². The second kappa shape index (κ2) is 8.03. The largest absolute Gasteiger partial charge is 0.465 e. The molecule has 2 aromatic heterocycles. The van der Waals surface area contributed by atoms with Crippen LogP contribution in [0.5, 0.6) is 0 Å². The van der Waals surface area contributed by atoms with Gasteiger partial charge in [-0.3, -0.25) is 9.58 Å². The Bertz CT molecular complexity index is 850. The number of nitrogens with two attached hydrogens (primary N) is 1. The summed E-state index contributed by atoms with van der Waals surface area (Å²) in [5.41, 5.74) is 7.30. The second-order valence-electron chi connectivity index (χ2n) is 5.79. The number of nitrogens with zero attached hydrogens (tertiary/aromatic N) is 6. The van der Waals surface area contributed by atoms with Crippen molar-refractivity contribution in [1.82, 2.24) is 29.8 Å². The van der Waals surface area contributed by atoms with E-state index < -0.39 is 6.09 Å². The molecule has 3 N–H and O–H groups in total. The van der Waals surface area contributed by atoms with E-state index in [1.54, 1.807) is 16.9 Å². The topological polar surface area (TPSA) is 113 Å². The zero-order valence-electron chi connectivity index (χ0n) is 14.0. The van der Waals surface area contributed by atoms with Crippen LogP contribution in [-0.4, -0.2) is 73.7 Å². The van der Waals surface area contributed by atoms with Crippen LogP contribution < -0.4 is 5.73 Å². The fraction of sp³-hybridized carbons (Fsp3) is 0.375. The number of hydrogen-bond acceptors (Lipinski definition) is 6. The summed E-state index contributed by atoms with van der Waals surface area (Å²) in [5.74, 6) is 6.46. The smallest absolute Gasteiger partial charge is 0.407 e. The van der Waals surface area contributed by atoms with E-state index in [0.717, 1.165) is 5.56 Å². The third kappa shape index (κ3) is 4.41. The monoisotopic (exact) mass is 375 g/mol. The Labute approximate surface area is 155 Å². The number of nitrogen functional groups attached to an aromatic ring is 1. The first-order valence-corrected chi connectivity index (χ1v) is 8.38. The van der Waals surface area contributed by atoms with E-state index in [2.05, 4.69) is 32.0 Å². The molecule has 0 unspecified atom stereocenters. The van der Waals surface area contributed by atoms with Crippen LogP contribution in [0.25, 0.3) is 11.1 Å². The van der Waals surface area contributed by atoms with E-state index in [-0.39, 0.29) is 5.15 Å². The van der Waals surface area contributed by atoms with Crippen LogP contribution in [0.2, 0.25) is 5.15 Å². The average Bonchev–Trinajstić information content (AvgIpc) is 3.10. The van der Waals surface area contributed by atoms with E-state index in [9.17, 15) is 4.79 Å². The van der Waals surface area contributed by atoms with Gasteiger partial charge in [0.2, 0.25) is 0 Å². The molecular formula is C16H18ClN7O2. The van der Waals surface area contributed by atoms with Gasteiger partial charge in [-0.25, -0.2) is 4.79 Å². The summed E-state index contributed by atoms with van der Waals surface area (Å²) in [6.07, 6.45) is 2.64. The molecule has 0 bridgehead atoms. The third-order valence-corrected chi connectivity index (χ3v) is 4.23. The summed E-state index contributed by atoms with van der Waals surface area (Å²) < 4.78 is 1.71. The maximum absolute atomic E-state index is 10.9. The molecule has 3 rings (SSSR count). The number of carbonyl (C=O) groups is 1. The molecule has 9 nitrogen and oxygen atoms in total. The van der Waals surface area contributed by atoms with Crippen molar-refractivity contribution in [2.75, 3.05) is 38.5 Å². The molecule has 3 heterocycles. The predicted octanol–water partition coefficient (Wildman–Crippen LogP) is 0.875. The highest BCUT2D eigenvalue weighted by molar-refractivity contribution is 6.29. The van der Waals surface area contributed by atoms with Crippen molar-refractivity contribution in [3.8, 4) is 23.0 Å². The first kappa shape index (κ1) is 18.0. The lowest BCUT2D eigenvalue weighted by atomic mass is 10.1. The maximum Gasteiger partial charge on any atom is 0.407 e. The number of halogens is 1. The fourth-order valence-corrected chi connectivity index (χ4v) is 2.75. The number of piperazine rings is 1. The second-order valence-corrected chi connectivity index (χ2v) is 6.18. The molecule has 26 heavy (non-hydrogen) atoms. The predicted molar refractivity (Wildman–Crippen MR) is 96.5 cm³/mol. The first-order chi connectivity index (χ1) is 12.5. The van der Waals surface area contributed by atoms with Gasteiger partial charge in [0.1, 0.15) is 6.54 Å². The molecule has 1 saturated heterocycles. The fourth-order valence-electron chi connectivity index (χ4n) is 2.60. The molecule has 0 atom stereocenters. The standard InChI is InChI=1S/C16H18ClN7O2/c17-14-9-13(15(18)21-20-14)12-10-19-24(11-12)4-2-1-3-22-5-7-23(8-6-22)16(25)26/h9-11H,3-8H2,(H2,18,21)(H,25,26). The summed E-state index contributed by atoms with van der Waals surface area (Å²) in [7, 11) is 0. The van der Waals surface area contributed by atoms with Gasteiger partial charge in [0.25, 0.3) is 0 Å². The molecule has 1 aliphatic heterocycles. The van der Waals surface area contributed by atoms with Gasteiger partial charge in [-0.15, -0.1) is 10.2 Å². The minimum Gasteiger partial charge on any atom is -0.465 e. The zero-order valence-corrected chi connectivity index (χ0v) is 14.7. The van der Waals surface area contributed by atoms with Gasteiger partial charge in [-0.2, -0.15) is 5.10 Å². The summed E-state index contributed by atoms with van der Waals surface area (Å²) in [6, 6.07) is 1.65. The van der Waals surface area contributed by atoms with Crippen LogP contribution in [0, 0.1) is 11.8 Å². The number of rotatable bonds is 3. The number of amides is 1. The molecule has 2 aromatic rings. The van der Waals surface area contributed by atoms with Crippen LogP contribution >= 0.6 is 11.6 Å². The highest BCUT2D eigenvalue weighted by Crippen LogP contribution is 2.25. The van der Waals surface area contributed by atoms with Crippen molar-refractivity contribution in [3.63, 3.8) is 0 Å². The molecule has 10 heteroatoms. The van der Waals surface area contributed by atoms with Crippen molar-refractivity contribution in [3.05, 3.63) is 23.6 Å². The number of anilines is 1. The molecule has 0 aromatic carbocycles. The van der Waals surface area contributed by atoms with Crippen LogP contribution in [0.15, 0.2) is 18.5 Å². The SMILES string of the molecule is Nc1nnc(Cl)cc1-c1cnn(CC#CCN2CCN(C(=O)O)CC2)c1. The molecule has 0 saturated carbocycles. The van der Waals surface area contributed by atoms with E-state index in [1.807, 2.05) is 6.20 Å². The quantitative estimate of drug-likeness (QED) is 0.765. The Kier molecular flexibility index (Phi) is 5.55. The van der Waals surface area contributed by atoms with Gasteiger partial charge >= 0.3 is 6.09 Å². The lowest BCUT2D eigenvalue weighted by molar-refractivity contribution is 0.111. The zero-order chi connectivity index (χ0) is 18.5. The molecular weight excluding hydrogens is 358 g/mol. The molecule has 0 spiro atoms. The molecule has 1 fully saturated rings. The van der Waals surface area contributed by atoms with Gasteiger partial charge in [0, 0.05) is 43.5 Å². The summed E-state index contributed by atoms with van der Waals surface area (Å²) in [6.45, 7) is 3.48. The first-order valence-electron chi connectivity index (χ1n) is 8.00. The number of aromatic nitrogens is 4. The highest BCUT2D eigenvalue weighted by Gasteiger charge is 2.19. The van der Waals surface area contributed by atoms with Gasteiger partial charge in [0.15, 0.2) is 11.0 Å². The van der Waals surface area contributed by atoms with Crippen molar-refractivity contribution in [1.29, 1.82) is 0 Å². The van der Waals surface area contributed by atoms with Gasteiger partial charge in [-0.1, -0.05) is 23.4 Å². The maximum atomic E-state index is 10.9. The molecule has 0 radical (unpaired) electrons. The molecule has 1 aliphatic rings. The van der Waals surface area contributed by atoms with Crippen molar-refractivity contribution >= 4 is 23.5 Å². The third-order valence-electron chi connectivity index (χ3n) is 4.05. The molecule has 136 valence electrons. The summed E-state index contributed by atoms with van der Waals surface area (Å²) in [5, 5.41) is 20.9. The molecule has 0 aliphatic carbocycles. The highest BCUT2D eigenvalue weighted by atomic mass is 35.5. The van der Waals surface area contributed by atoms with Gasteiger partial charge < -0.3 is 15.7 Å². The van der Waals surface area contributed by atoms with Crippen molar-refractivity contribution < 1.29 is 9.90 Å². The Balaban J connectivity index is 1.52. The van der Waals surface area contributed by atoms with E-state index in [1.165, 1.54) is 4.90 Å². The van der Waals surface area contributed by atoms with Crippen LogP contribution in [-0.2, 0) is 6.54 Å². The van der Waals surface area contributed by atoms with Gasteiger partial charge in [0.05, 0.1) is 12.7 Å². The van der Waals surface area contributed by atoms with Crippen LogP contribution in [0.4, 0.5) is 10.6 Å². The van der Waals surface area contributed by atoms with E-state index in [4.69, 9.17) is 22.4 Å². The lowest BCUT2D eigenvalue weighted by Crippen LogP contribution is -2.48. The molecule has 1 amide bonds. The Morgan fingerprint density at radius 3 is 2.69 bits per heavy atom. The van der Waals surface area contributed by atoms with Crippen LogP contribution in [0.1, 0.15) is 0 Å². The Hall–Kier alpha value is -2.83. The normalized spacial score (nSPS) is 14.7. The van der Waals surface area contributed by atoms with E-state index >= 15 is 0 Å². The van der Waals surface area contributed by atoms with E-state index in [0.29, 0.717) is 50.6 Å². The number of carboxylic acid groups (broad SMARTS) is 1. The number of hydrogen-bond donors (Lipinski definition) is 2. The summed E-state index contributed by atoms with van der Waals surface area (Å²) in [4.78, 5) is 14.4. The summed E-state index contributed by atoms with van der Waals surface area (Å²) >= 11 is 5.86.